The van der Waals surface area contributed by atoms with E-state index in [9.17, 15) is 4.79 Å². The average Bonchev–Trinajstić information content (AvgIpc) is 1.92. The molecule has 0 fully saturated rings. The van der Waals surface area contributed by atoms with E-state index >= 15 is 0 Å². The summed E-state index contributed by atoms with van der Waals surface area (Å²) < 4.78 is 0. The van der Waals surface area contributed by atoms with E-state index in [1.807, 2.05) is 20.8 Å². The minimum Gasteiger partial charge on any atom is -0.289 e. The number of nitrogens with two attached hydrogens (primary N) is 1. The normalized spacial score (nSPS) is 18.8. The van der Waals surface area contributed by atoms with Gasteiger partial charge in [0, 0.05) is 5.41 Å². The van der Waals surface area contributed by atoms with Crippen LogP contribution in [-0.2, 0) is 4.79 Å². The monoisotopic (exact) mass is 170 g/mol. The third-order valence-corrected chi connectivity index (χ3v) is 1.61. The molecular weight excluding hydrogens is 156 g/mol. The molecule has 0 saturated heterocycles. The van der Waals surface area contributed by atoms with Gasteiger partial charge in [-0.15, -0.1) is 0 Å². The molecule has 0 aliphatic carbocycles. The maximum absolute atomic E-state index is 11.4. The first-order valence-electron chi connectivity index (χ1n) is 3.80. The first-order chi connectivity index (χ1) is 5.43. The number of nitrogens with zero attached hydrogens (tertiary/aromatic N) is 2. The standard InChI is InChI=1S/C7H14N4O/c1-7(2,3)5-6(12)11(8)4-9-10-5/h9H,4,8H2,1-3H3. The molecule has 1 rings (SSSR count). The summed E-state index contributed by atoms with van der Waals surface area (Å²) in [4.78, 5) is 11.4. The zero-order valence-electron chi connectivity index (χ0n) is 7.59. The van der Waals surface area contributed by atoms with Crippen molar-refractivity contribution in [2.45, 2.75) is 20.8 Å². The van der Waals surface area contributed by atoms with E-state index in [1.54, 1.807) is 0 Å². The summed E-state index contributed by atoms with van der Waals surface area (Å²) >= 11 is 0. The second kappa shape index (κ2) is 2.75. The summed E-state index contributed by atoms with van der Waals surface area (Å²) in [5, 5.41) is 5.05. The summed E-state index contributed by atoms with van der Waals surface area (Å²) in [5.41, 5.74) is 2.90. The summed E-state index contributed by atoms with van der Waals surface area (Å²) in [6.07, 6.45) is 0. The van der Waals surface area contributed by atoms with Gasteiger partial charge in [0.15, 0.2) is 0 Å². The number of hydrogen-bond acceptors (Lipinski definition) is 4. The largest absolute Gasteiger partial charge is 0.289 e. The van der Waals surface area contributed by atoms with E-state index in [-0.39, 0.29) is 18.0 Å². The van der Waals surface area contributed by atoms with Crippen molar-refractivity contribution < 1.29 is 4.79 Å². The lowest BCUT2D eigenvalue weighted by atomic mass is 9.89. The molecule has 1 amide bonds. The fraction of sp³-hybridized carbons (Fsp3) is 0.714. The highest BCUT2D eigenvalue weighted by Gasteiger charge is 2.31. The van der Waals surface area contributed by atoms with Gasteiger partial charge in [-0.2, -0.15) is 5.10 Å². The number of nitrogens with one attached hydrogen (secondary N) is 1. The molecule has 1 aliphatic heterocycles. The highest BCUT2D eigenvalue weighted by molar-refractivity contribution is 6.40. The fourth-order valence-electron chi connectivity index (χ4n) is 0.935. The lowest BCUT2D eigenvalue weighted by Gasteiger charge is -2.28. The molecule has 5 heteroatoms. The van der Waals surface area contributed by atoms with Crippen molar-refractivity contribution >= 4 is 11.6 Å². The quantitative estimate of drug-likeness (QED) is 0.385. The molecule has 12 heavy (non-hydrogen) atoms. The lowest BCUT2D eigenvalue weighted by Crippen LogP contribution is -2.53. The smallest absolute Gasteiger partial charge is 0.286 e. The van der Waals surface area contributed by atoms with Crippen LogP contribution in [0.3, 0.4) is 0 Å². The van der Waals surface area contributed by atoms with Gasteiger partial charge in [0.1, 0.15) is 12.4 Å². The van der Waals surface area contributed by atoms with Crippen LogP contribution in [0.2, 0.25) is 0 Å². The Morgan fingerprint density at radius 1 is 1.58 bits per heavy atom. The molecule has 0 radical (unpaired) electrons. The first-order valence-corrected chi connectivity index (χ1v) is 3.80. The summed E-state index contributed by atoms with van der Waals surface area (Å²) in [6.45, 7) is 6.04. The predicted molar refractivity (Wildman–Crippen MR) is 45.9 cm³/mol. The third-order valence-electron chi connectivity index (χ3n) is 1.61. The Hall–Kier alpha value is -1.10. The van der Waals surface area contributed by atoms with Crippen LogP contribution in [-0.4, -0.2) is 23.3 Å². The van der Waals surface area contributed by atoms with Gasteiger partial charge in [-0.1, -0.05) is 20.8 Å². The SMILES string of the molecule is CC(C)(C)C1=NNCN(N)C1=O. The number of hydrazine groups is 1. The van der Waals surface area contributed by atoms with E-state index < -0.39 is 0 Å². The van der Waals surface area contributed by atoms with Crippen molar-refractivity contribution in [2.75, 3.05) is 6.67 Å². The number of amides is 1. The summed E-state index contributed by atoms with van der Waals surface area (Å²) in [6, 6.07) is 0. The highest BCUT2D eigenvalue weighted by Crippen LogP contribution is 2.17. The van der Waals surface area contributed by atoms with Crippen LogP contribution < -0.4 is 11.3 Å². The van der Waals surface area contributed by atoms with Gasteiger partial charge in [-0.25, -0.2) is 5.84 Å². The van der Waals surface area contributed by atoms with Gasteiger partial charge in [-0.3, -0.25) is 15.2 Å². The van der Waals surface area contributed by atoms with Crippen molar-refractivity contribution in [2.24, 2.45) is 16.4 Å². The average molecular weight is 170 g/mol. The van der Waals surface area contributed by atoms with Crippen LogP contribution in [0, 0.1) is 5.41 Å². The number of hydrogen-bond donors (Lipinski definition) is 2. The number of carbonyl (C=O) groups is 1. The maximum Gasteiger partial charge on any atom is 0.286 e. The second-order valence-electron chi connectivity index (χ2n) is 3.80. The molecule has 0 aromatic carbocycles. The Kier molecular flexibility index (Phi) is 2.06. The third kappa shape index (κ3) is 1.55. The fourth-order valence-corrected chi connectivity index (χ4v) is 0.935. The Morgan fingerprint density at radius 2 is 2.17 bits per heavy atom. The van der Waals surface area contributed by atoms with E-state index in [4.69, 9.17) is 5.84 Å². The Bertz CT molecular complexity index is 228. The van der Waals surface area contributed by atoms with Crippen LogP contribution >= 0.6 is 0 Å². The van der Waals surface area contributed by atoms with Crippen molar-refractivity contribution in [3.63, 3.8) is 0 Å². The highest BCUT2D eigenvalue weighted by atomic mass is 16.2. The molecule has 0 atom stereocenters. The molecule has 0 aromatic rings. The van der Waals surface area contributed by atoms with E-state index in [0.717, 1.165) is 5.01 Å². The first kappa shape index (κ1) is 8.99. The molecule has 1 heterocycles. The minimum absolute atomic E-state index is 0.207. The topological polar surface area (TPSA) is 70.7 Å². The minimum atomic E-state index is -0.262. The van der Waals surface area contributed by atoms with Crippen molar-refractivity contribution in [3.05, 3.63) is 0 Å². The zero-order valence-corrected chi connectivity index (χ0v) is 7.59. The van der Waals surface area contributed by atoms with Gasteiger partial charge in [0.05, 0.1) is 0 Å². The molecule has 0 unspecified atom stereocenters. The van der Waals surface area contributed by atoms with Gasteiger partial charge < -0.3 is 0 Å². The molecule has 68 valence electrons. The van der Waals surface area contributed by atoms with Gasteiger partial charge in [0.2, 0.25) is 0 Å². The molecule has 0 bridgehead atoms. The molecular formula is C7H14N4O. The van der Waals surface area contributed by atoms with Crippen LogP contribution in [0.15, 0.2) is 5.10 Å². The van der Waals surface area contributed by atoms with Crippen LogP contribution in [0.1, 0.15) is 20.8 Å². The molecule has 5 nitrogen and oxygen atoms in total. The van der Waals surface area contributed by atoms with E-state index in [2.05, 4.69) is 10.5 Å². The maximum atomic E-state index is 11.4. The van der Waals surface area contributed by atoms with E-state index in [1.165, 1.54) is 0 Å². The Balaban J connectivity index is 2.90. The van der Waals surface area contributed by atoms with Crippen molar-refractivity contribution in [1.29, 1.82) is 0 Å². The molecule has 0 aromatic heterocycles. The lowest BCUT2D eigenvalue weighted by molar-refractivity contribution is -0.126. The number of rotatable bonds is 0. The van der Waals surface area contributed by atoms with Gasteiger partial charge in [0.25, 0.3) is 5.91 Å². The molecule has 0 spiro atoms. The second-order valence-corrected chi connectivity index (χ2v) is 3.80. The van der Waals surface area contributed by atoms with Crippen molar-refractivity contribution in [1.82, 2.24) is 10.4 Å². The van der Waals surface area contributed by atoms with Crippen LogP contribution in [0.5, 0.6) is 0 Å². The zero-order chi connectivity index (χ0) is 9.35. The van der Waals surface area contributed by atoms with E-state index in [0.29, 0.717) is 5.71 Å². The molecule has 0 saturated carbocycles. The molecule has 3 N–H and O–H groups in total. The van der Waals surface area contributed by atoms with Crippen molar-refractivity contribution in [3.8, 4) is 0 Å². The number of carbonyl (C=O) groups excluding carboxylic acids is 1. The Morgan fingerprint density at radius 3 is 2.58 bits per heavy atom. The summed E-state index contributed by atoms with van der Waals surface area (Å²) in [7, 11) is 0. The summed E-state index contributed by atoms with van der Waals surface area (Å²) in [5.74, 6) is 5.20. The molecule has 1 aliphatic rings. The van der Waals surface area contributed by atoms with Crippen LogP contribution in [0.4, 0.5) is 0 Å². The number of hydrazone groups is 1. The van der Waals surface area contributed by atoms with Crippen LogP contribution in [0.25, 0.3) is 0 Å². The van der Waals surface area contributed by atoms with Gasteiger partial charge >= 0.3 is 0 Å². The predicted octanol–water partition coefficient (Wildman–Crippen LogP) is -0.348. The Labute approximate surface area is 71.6 Å². The van der Waals surface area contributed by atoms with Gasteiger partial charge in [-0.05, 0) is 0 Å².